The lowest BCUT2D eigenvalue weighted by atomic mass is 9.94. The lowest BCUT2D eigenvalue weighted by Gasteiger charge is -2.27. The van der Waals surface area contributed by atoms with Gasteiger partial charge < -0.3 is 10.1 Å². The third-order valence-corrected chi connectivity index (χ3v) is 6.97. The minimum atomic E-state index is -4.38. The van der Waals surface area contributed by atoms with E-state index in [4.69, 9.17) is 4.74 Å². The number of pyridine rings is 1. The fourth-order valence-electron chi connectivity index (χ4n) is 5.17. The van der Waals surface area contributed by atoms with Gasteiger partial charge >= 0.3 is 12.2 Å². The van der Waals surface area contributed by atoms with Crippen molar-refractivity contribution in [2.45, 2.75) is 32.7 Å². The highest BCUT2D eigenvalue weighted by atomic mass is 19.4. The highest BCUT2D eigenvalue weighted by Crippen LogP contribution is 2.34. The number of carbonyl (C=O) groups excluding carboxylic acids is 1. The number of hydrogen-bond acceptors (Lipinski definition) is 4. The Kier molecular flexibility index (Phi) is 5.68. The Bertz CT molecular complexity index is 1710. The van der Waals surface area contributed by atoms with Crippen molar-refractivity contribution in [2.24, 2.45) is 0 Å². The average Bonchev–Trinajstić information content (AvgIpc) is 3.26. The van der Waals surface area contributed by atoms with Gasteiger partial charge in [0.1, 0.15) is 0 Å². The molecule has 0 spiro atoms. The molecule has 1 amide bonds. The molecular weight excluding hydrogens is 493 g/mol. The molecule has 2 aromatic heterocycles. The lowest BCUT2D eigenvalue weighted by Crippen LogP contribution is -2.37. The first-order valence-electron chi connectivity index (χ1n) is 12.1. The van der Waals surface area contributed by atoms with Gasteiger partial charge in [-0.15, -0.1) is 0 Å². The largest absolute Gasteiger partial charge is 0.416 e. The Morgan fingerprint density at radius 2 is 1.74 bits per heavy atom. The van der Waals surface area contributed by atoms with E-state index in [1.54, 1.807) is 0 Å². The second-order valence-corrected chi connectivity index (χ2v) is 9.44. The molecule has 5 aromatic rings. The highest BCUT2D eigenvalue weighted by molar-refractivity contribution is 6.08. The summed E-state index contributed by atoms with van der Waals surface area (Å²) >= 11 is 0. The van der Waals surface area contributed by atoms with Crippen LogP contribution in [0.5, 0.6) is 0 Å². The quantitative estimate of drug-likeness (QED) is 0.283. The molecule has 0 radical (unpaired) electrons. The van der Waals surface area contributed by atoms with Crippen molar-refractivity contribution in [3.05, 3.63) is 94.8 Å². The lowest BCUT2D eigenvalue weighted by molar-refractivity contribution is -0.137. The number of nitrogens with one attached hydrogen (secondary N) is 1. The van der Waals surface area contributed by atoms with Crippen LogP contribution in [0.2, 0.25) is 0 Å². The number of alkyl halides is 3. The number of para-hydroxylation sites is 1. The van der Waals surface area contributed by atoms with Crippen molar-refractivity contribution < 1.29 is 22.7 Å². The first-order valence-corrected chi connectivity index (χ1v) is 12.1. The second kappa shape index (κ2) is 8.95. The third-order valence-electron chi connectivity index (χ3n) is 6.97. The minimum Gasteiger partial charge on any atom is -0.374 e. The minimum absolute atomic E-state index is 0.290. The molecule has 0 aliphatic carbocycles. The number of fused-ring (bicyclic) bond motifs is 4. The predicted molar refractivity (Wildman–Crippen MR) is 138 cm³/mol. The van der Waals surface area contributed by atoms with Crippen molar-refractivity contribution in [3.63, 3.8) is 0 Å². The zero-order valence-electron chi connectivity index (χ0n) is 20.6. The summed E-state index contributed by atoms with van der Waals surface area (Å²) in [5.41, 5.74) is 5.53. The molecule has 0 saturated carbocycles. The van der Waals surface area contributed by atoms with E-state index < -0.39 is 17.8 Å². The molecule has 1 atom stereocenters. The van der Waals surface area contributed by atoms with Crippen LogP contribution in [0.25, 0.3) is 32.9 Å². The number of amides is 1. The molecule has 1 aliphatic rings. The van der Waals surface area contributed by atoms with Gasteiger partial charge in [-0.05, 0) is 60.4 Å². The topological polar surface area (TPSA) is 69.0 Å². The van der Waals surface area contributed by atoms with Gasteiger partial charge in [-0.1, -0.05) is 42.5 Å². The van der Waals surface area contributed by atoms with Gasteiger partial charge in [0, 0.05) is 16.5 Å². The number of carbonyl (C=O) groups is 1. The van der Waals surface area contributed by atoms with Gasteiger partial charge in [-0.25, -0.2) is 4.79 Å². The van der Waals surface area contributed by atoms with Crippen LogP contribution in [-0.2, 0) is 17.5 Å². The van der Waals surface area contributed by atoms with Crippen LogP contribution in [-0.4, -0.2) is 27.4 Å². The summed E-state index contributed by atoms with van der Waals surface area (Å²) in [6.45, 7) is 4.40. The first-order chi connectivity index (χ1) is 18.2. The molecular formula is C29H23F3N4O2. The normalized spacial score (nSPS) is 15.6. The van der Waals surface area contributed by atoms with Crippen molar-refractivity contribution in [1.29, 1.82) is 0 Å². The molecule has 0 saturated heterocycles. The highest BCUT2D eigenvalue weighted by Gasteiger charge is 2.30. The SMILES string of the molecule is Cc1nc2ccccc2c2c1c(C)nn2C(=O)N[C@H]1COCc2cc(-c3ccc(C(F)(F)F)cc3)ccc21. The average molecular weight is 517 g/mol. The molecule has 9 heteroatoms. The maximum Gasteiger partial charge on any atom is 0.416 e. The van der Waals surface area contributed by atoms with Crippen LogP contribution in [0.3, 0.4) is 0 Å². The van der Waals surface area contributed by atoms with Crippen molar-refractivity contribution in [2.75, 3.05) is 6.61 Å². The van der Waals surface area contributed by atoms with E-state index in [-0.39, 0.29) is 12.6 Å². The van der Waals surface area contributed by atoms with E-state index in [0.717, 1.165) is 50.8 Å². The van der Waals surface area contributed by atoms with Gasteiger partial charge in [0.05, 0.1) is 41.5 Å². The van der Waals surface area contributed by atoms with Crippen LogP contribution in [0.15, 0.2) is 66.7 Å². The first kappa shape index (κ1) is 24.1. The van der Waals surface area contributed by atoms with E-state index in [0.29, 0.717) is 23.4 Å². The maximum atomic E-state index is 13.5. The number of halogens is 3. The molecule has 3 heterocycles. The summed E-state index contributed by atoms with van der Waals surface area (Å²) in [6.07, 6.45) is -4.38. The van der Waals surface area contributed by atoms with E-state index in [9.17, 15) is 18.0 Å². The van der Waals surface area contributed by atoms with Crippen LogP contribution in [0, 0.1) is 13.8 Å². The molecule has 1 N–H and O–H groups in total. The van der Waals surface area contributed by atoms with Gasteiger partial charge in [0.2, 0.25) is 0 Å². The van der Waals surface area contributed by atoms with Crippen molar-refractivity contribution >= 4 is 27.8 Å². The fraction of sp³-hybridized carbons (Fsp3) is 0.207. The van der Waals surface area contributed by atoms with E-state index in [1.165, 1.54) is 16.8 Å². The molecule has 6 nitrogen and oxygen atoms in total. The Hall–Kier alpha value is -4.24. The van der Waals surface area contributed by atoms with Gasteiger partial charge in [0.15, 0.2) is 0 Å². The van der Waals surface area contributed by atoms with Crippen molar-refractivity contribution in [1.82, 2.24) is 20.1 Å². The summed E-state index contributed by atoms with van der Waals surface area (Å²) in [4.78, 5) is 18.2. The number of benzene rings is 3. The Morgan fingerprint density at radius 1 is 1.00 bits per heavy atom. The summed E-state index contributed by atoms with van der Waals surface area (Å²) in [6, 6.07) is 17.6. The zero-order chi connectivity index (χ0) is 26.6. The molecule has 192 valence electrons. The smallest absolute Gasteiger partial charge is 0.374 e. The maximum absolute atomic E-state index is 13.5. The number of aromatic nitrogens is 3. The number of rotatable bonds is 2. The Morgan fingerprint density at radius 3 is 2.50 bits per heavy atom. The monoisotopic (exact) mass is 516 g/mol. The van der Waals surface area contributed by atoms with Crippen LogP contribution >= 0.6 is 0 Å². The molecule has 6 rings (SSSR count). The van der Waals surface area contributed by atoms with Gasteiger partial charge in [-0.3, -0.25) is 4.98 Å². The van der Waals surface area contributed by atoms with Crippen LogP contribution < -0.4 is 5.32 Å². The number of hydrogen-bond donors (Lipinski definition) is 1. The predicted octanol–water partition coefficient (Wildman–Crippen LogP) is 6.72. The summed E-state index contributed by atoms with van der Waals surface area (Å²) in [5, 5.41) is 9.29. The van der Waals surface area contributed by atoms with Crippen LogP contribution in [0.4, 0.5) is 18.0 Å². The molecule has 3 aromatic carbocycles. The molecule has 1 aliphatic heterocycles. The number of nitrogens with zero attached hydrogens (tertiary/aromatic N) is 3. The molecule has 0 unspecified atom stereocenters. The van der Waals surface area contributed by atoms with E-state index in [2.05, 4.69) is 15.4 Å². The van der Waals surface area contributed by atoms with Crippen molar-refractivity contribution in [3.8, 4) is 11.1 Å². The Balaban J connectivity index is 1.32. The second-order valence-electron chi connectivity index (χ2n) is 9.44. The van der Waals surface area contributed by atoms with Gasteiger partial charge in [-0.2, -0.15) is 23.0 Å². The zero-order valence-corrected chi connectivity index (χ0v) is 20.6. The fourth-order valence-corrected chi connectivity index (χ4v) is 5.17. The molecule has 0 fully saturated rings. The molecule has 0 bridgehead atoms. The standard InChI is InChI=1S/C29H23F3N4O2/c1-16-26-17(2)35-36(27(26)23-5-3-4-6-24(23)33-16)28(37)34-25-15-38-14-20-13-19(9-12-22(20)25)18-7-10-21(11-8-18)29(30,31)32/h3-13,25H,14-15H2,1-2H3,(H,34,37)/t25-/m0/s1. The summed E-state index contributed by atoms with van der Waals surface area (Å²) in [7, 11) is 0. The summed E-state index contributed by atoms with van der Waals surface area (Å²) < 4.78 is 46.0. The number of ether oxygens (including phenoxy) is 1. The van der Waals surface area contributed by atoms with E-state index >= 15 is 0 Å². The third kappa shape index (κ3) is 4.09. The Labute approximate surface area is 216 Å². The van der Waals surface area contributed by atoms with Crippen LogP contribution in [0.1, 0.15) is 34.1 Å². The van der Waals surface area contributed by atoms with Gasteiger partial charge in [0.25, 0.3) is 0 Å². The molecule has 38 heavy (non-hydrogen) atoms. The van der Waals surface area contributed by atoms with E-state index in [1.807, 2.05) is 56.3 Å². The number of aryl methyl sites for hydroxylation is 2. The summed E-state index contributed by atoms with van der Waals surface area (Å²) in [5.74, 6) is 0.